The van der Waals surface area contributed by atoms with Gasteiger partial charge in [0.25, 0.3) is 0 Å². The van der Waals surface area contributed by atoms with Crippen LogP contribution in [0.15, 0.2) is 17.4 Å². The zero-order valence-corrected chi connectivity index (χ0v) is 19.0. The lowest BCUT2D eigenvalue weighted by atomic mass is 10.1. The minimum Gasteiger partial charge on any atom is -0.370 e. The summed E-state index contributed by atoms with van der Waals surface area (Å²) in [6, 6.07) is 0. The molecule has 1 unspecified atom stereocenters. The van der Waals surface area contributed by atoms with E-state index >= 15 is 0 Å². The number of likely N-dealkylation sites (N-methyl/N-ethyl adjacent to an activating group) is 1. The molecule has 1 aliphatic rings. The van der Waals surface area contributed by atoms with Crippen LogP contribution < -0.4 is 5.32 Å². The van der Waals surface area contributed by atoms with Crippen molar-refractivity contribution in [3.05, 3.63) is 18.0 Å². The molecule has 1 aliphatic heterocycles. The van der Waals surface area contributed by atoms with Crippen molar-refractivity contribution in [3.63, 3.8) is 0 Å². The number of carbonyl (C=O) groups is 1. The zero-order chi connectivity index (χ0) is 18.2. The van der Waals surface area contributed by atoms with Crippen molar-refractivity contribution in [3.8, 4) is 0 Å². The van der Waals surface area contributed by atoms with E-state index in [0.29, 0.717) is 13.2 Å². The molecule has 1 N–H and O–H groups in total. The minimum atomic E-state index is -0.0421. The van der Waals surface area contributed by atoms with Crippen LogP contribution in [0, 0.1) is 0 Å². The molecule has 1 amide bonds. The Kier molecular flexibility index (Phi) is 10.3. The molecular formula is C16H29IN6O2S. The third kappa shape index (κ3) is 6.95. The Morgan fingerprint density at radius 1 is 1.54 bits per heavy atom. The van der Waals surface area contributed by atoms with Crippen LogP contribution in [0.1, 0.15) is 11.7 Å². The number of guanidine groups is 1. The van der Waals surface area contributed by atoms with Gasteiger partial charge in [0.05, 0.1) is 19.3 Å². The van der Waals surface area contributed by atoms with Crippen LogP contribution in [-0.2, 0) is 16.6 Å². The number of ether oxygens (including phenoxy) is 1. The van der Waals surface area contributed by atoms with Crippen molar-refractivity contribution in [1.29, 1.82) is 0 Å². The number of rotatable bonds is 6. The van der Waals surface area contributed by atoms with Crippen LogP contribution in [0.4, 0.5) is 0 Å². The van der Waals surface area contributed by atoms with Crippen LogP contribution >= 0.6 is 35.7 Å². The number of hydrogen-bond acceptors (Lipinski definition) is 5. The first-order valence-corrected chi connectivity index (χ1v) is 9.73. The van der Waals surface area contributed by atoms with Crippen LogP contribution in [0.5, 0.6) is 0 Å². The number of aryl methyl sites for hydroxylation is 1. The van der Waals surface area contributed by atoms with Crippen LogP contribution in [-0.4, -0.2) is 90.3 Å². The fourth-order valence-electron chi connectivity index (χ4n) is 2.47. The Hall–Kier alpha value is -1.01. The van der Waals surface area contributed by atoms with E-state index in [1.807, 2.05) is 19.4 Å². The van der Waals surface area contributed by atoms with Crippen LogP contribution in [0.2, 0.25) is 0 Å². The van der Waals surface area contributed by atoms with E-state index in [1.54, 1.807) is 35.4 Å². The SMILES string of the molecule is CSCCNC(=NCC(=O)N(C)C)N1CCOC(c2cnn(C)c2)C1.I. The highest BCUT2D eigenvalue weighted by Crippen LogP contribution is 2.21. The van der Waals surface area contributed by atoms with Crippen LogP contribution in [0.25, 0.3) is 0 Å². The Labute approximate surface area is 176 Å². The van der Waals surface area contributed by atoms with Gasteiger partial charge in [-0.05, 0) is 6.26 Å². The maximum atomic E-state index is 11.9. The summed E-state index contributed by atoms with van der Waals surface area (Å²) < 4.78 is 7.67. The topological polar surface area (TPSA) is 75.0 Å². The van der Waals surface area contributed by atoms with E-state index < -0.39 is 0 Å². The molecule has 1 aromatic rings. The standard InChI is InChI=1S/C16H28N6O2S.HI/c1-20(2)15(23)10-18-16(17-5-8-25-4)22-6-7-24-14(12-22)13-9-19-21(3)11-13;/h9,11,14H,5-8,10,12H2,1-4H3,(H,17,18);1H. The lowest BCUT2D eigenvalue weighted by Crippen LogP contribution is -2.49. The molecule has 1 atom stereocenters. The number of nitrogens with one attached hydrogen (secondary N) is 1. The number of aliphatic imine (C=N–C) groups is 1. The highest BCUT2D eigenvalue weighted by Gasteiger charge is 2.25. The summed E-state index contributed by atoms with van der Waals surface area (Å²) in [4.78, 5) is 20.1. The first kappa shape index (κ1) is 23.0. The predicted molar refractivity (Wildman–Crippen MR) is 116 cm³/mol. The number of halogens is 1. The Bertz CT molecular complexity index is 595. The highest BCUT2D eigenvalue weighted by atomic mass is 127. The van der Waals surface area contributed by atoms with Gasteiger partial charge in [-0.15, -0.1) is 24.0 Å². The molecule has 1 fully saturated rings. The molecule has 0 aromatic carbocycles. The third-order valence-corrected chi connectivity index (χ3v) is 4.53. The second-order valence-electron chi connectivity index (χ2n) is 6.10. The number of aromatic nitrogens is 2. The summed E-state index contributed by atoms with van der Waals surface area (Å²) in [7, 11) is 5.38. The molecule has 0 aliphatic carbocycles. The summed E-state index contributed by atoms with van der Waals surface area (Å²) in [5.74, 6) is 1.74. The maximum Gasteiger partial charge on any atom is 0.243 e. The van der Waals surface area contributed by atoms with Crippen LogP contribution in [0.3, 0.4) is 0 Å². The lowest BCUT2D eigenvalue weighted by Gasteiger charge is -2.35. The van der Waals surface area contributed by atoms with Crippen molar-refractivity contribution in [1.82, 2.24) is 24.9 Å². The number of hydrogen-bond donors (Lipinski definition) is 1. The van der Waals surface area contributed by atoms with Crippen molar-refractivity contribution >= 4 is 47.6 Å². The van der Waals surface area contributed by atoms with Gasteiger partial charge in [0.15, 0.2) is 5.96 Å². The van der Waals surface area contributed by atoms with E-state index in [0.717, 1.165) is 30.4 Å². The van der Waals surface area contributed by atoms with Gasteiger partial charge in [0.2, 0.25) is 5.91 Å². The van der Waals surface area contributed by atoms with E-state index in [2.05, 4.69) is 26.6 Å². The Morgan fingerprint density at radius 2 is 2.31 bits per heavy atom. The highest BCUT2D eigenvalue weighted by molar-refractivity contribution is 14.0. The molecule has 0 spiro atoms. The van der Waals surface area contributed by atoms with Gasteiger partial charge in [-0.2, -0.15) is 16.9 Å². The lowest BCUT2D eigenvalue weighted by molar-refractivity contribution is -0.127. The summed E-state index contributed by atoms with van der Waals surface area (Å²) in [6.45, 7) is 3.00. The molecule has 1 saturated heterocycles. The monoisotopic (exact) mass is 496 g/mol. The molecule has 148 valence electrons. The minimum absolute atomic E-state index is 0. The van der Waals surface area contributed by atoms with Gasteiger partial charge < -0.3 is 19.9 Å². The van der Waals surface area contributed by atoms with Gasteiger partial charge >= 0.3 is 0 Å². The van der Waals surface area contributed by atoms with Crippen molar-refractivity contribution < 1.29 is 9.53 Å². The van der Waals surface area contributed by atoms with Gasteiger partial charge in [-0.25, -0.2) is 4.99 Å². The quantitative estimate of drug-likeness (QED) is 0.272. The number of amides is 1. The Morgan fingerprint density at radius 3 is 2.92 bits per heavy atom. The summed E-state index contributed by atoms with van der Waals surface area (Å²) >= 11 is 1.77. The molecule has 26 heavy (non-hydrogen) atoms. The van der Waals surface area contributed by atoms with Gasteiger partial charge in [-0.1, -0.05) is 0 Å². The summed E-state index contributed by atoms with van der Waals surface area (Å²) in [6.07, 6.45) is 5.84. The first-order chi connectivity index (χ1) is 12.0. The number of morpholine rings is 1. The second-order valence-corrected chi connectivity index (χ2v) is 7.09. The average molecular weight is 496 g/mol. The fourth-order valence-corrected chi connectivity index (χ4v) is 2.77. The zero-order valence-electron chi connectivity index (χ0n) is 15.8. The van der Waals surface area contributed by atoms with Crippen molar-refractivity contribution in [2.24, 2.45) is 12.0 Å². The summed E-state index contributed by atoms with van der Waals surface area (Å²) in [5, 5.41) is 7.59. The largest absolute Gasteiger partial charge is 0.370 e. The molecule has 2 rings (SSSR count). The van der Waals surface area contributed by atoms with Crippen molar-refractivity contribution in [2.45, 2.75) is 6.10 Å². The molecule has 0 radical (unpaired) electrons. The molecule has 8 nitrogen and oxygen atoms in total. The predicted octanol–water partition coefficient (Wildman–Crippen LogP) is 0.808. The van der Waals surface area contributed by atoms with Gasteiger partial charge in [0.1, 0.15) is 12.6 Å². The van der Waals surface area contributed by atoms with E-state index in [1.165, 1.54) is 0 Å². The summed E-state index contributed by atoms with van der Waals surface area (Å²) in [5.41, 5.74) is 1.06. The molecule has 10 heteroatoms. The number of nitrogens with zero attached hydrogens (tertiary/aromatic N) is 5. The maximum absolute atomic E-state index is 11.9. The molecule has 0 saturated carbocycles. The normalized spacial score (nSPS) is 17.6. The number of carbonyl (C=O) groups excluding carboxylic acids is 1. The smallest absolute Gasteiger partial charge is 0.243 e. The van der Waals surface area contributed by atoms with E-state index in [9.17, 15) is 4.79 Å². The van der Waals surface area contributed by atoms with Crippen molar-refractivity contribution in [2.75, 3.05) is 58.9 Å². The molecule has 1 aromatic heterocycles. The average Bonchev–Trinajstić information content (AvgIpc) is 3.04. The molecule has 0 bridgehead atoms. The van der Waals surface area contributed by atoms with Gasteiger partial charge in [0, 0.05) is 51.7 Å². The number of thioether (sulfide) groups is 1. The first-order valence-electron chi connectivity index (χ1n) is 8.33. The van der Waals surface area contributed by atoms with Gasteiger partial charge in [-0.3, -0.25) is 9.48 Å². The molecular weight excluding hydrogens is 467 g/mol. The Balaban J connectivity index is 0.00000338. The third-order valence-electron chi connectivity index (χ3n) is 3.91. The van der Waals surface area contributed by atoms with E-state index in [4.69, 9.17) is 4.74 Å². The van der Waals surface area contributed by atoms with E-state index in [-0.39, 0.29) is 42.5 Å². The second kappa shape index (κ2) is 11.7. The molecule has 2 heterocycles. The fraction of sp³-hybridized carbons (Fsp3) is 0.688.